The number of rotatable bonds is 5. The molecule has 2 aromatic carbocycles. The van der Waals surface area contributed by atoms with E-state index in [4.69, 9.17) is 0 Å². The number of benzene rings is 2. The van der Waals surface area contributed by atoms with Gasteiger partial charge in [-0.25, -0.2) is 0 Å². The summed E-state index contributed by atoms with van der Waals surface area (Å²) >= 11 is 0. The molecule has 1 fully saturated rings. The first kappa shape index (κ1) is 14.8. The van der Waals surface area contributed by atoms with Crippen LogP contribution in [0.25, 0.3) is 11.1 Å². The average molecular weight is 294 g/mol. The van der Waals surface area contributed by atoms with Crippen molar-refractivity contribution >= 4 is 5.91 Å². The number of hydrogen-bond donors (Lipinski definition) is 2. The van der Waals surface area contributed by atoms with Crippen molar-refractivity contribution in [2.75, 3.05) is 13.1 Å². The molecule has 1 amide bonds. The Morgan fingerprint density at radius 1 is 1.05 bits per heavy atom. The van der Waals surface area contributed by atoms with Gasteiger partial charge in [0.1, 0.15) is 0 Å². The van der Waals surface area contributed by atoms with Crippen molar-refractivity contribution in [3.05, 3.63) is 60.2 Å². The lowest BCUT2D eigenvalue weighted by atomic mass is 10.0. The summed E-state index contributed by atoms with van der Waals surface area (Å²) in [4.78, 5) is 12.0. The lowest BCUT2D eigenvalue weighted by molar-refractivity contribution is -0.120. The van der Waals surface area contributed by atoms with Gasteiger partial charge in [0.05, 0.1) is 6.42 Å². The molecule has 2 aromatic rings. The lowest BCUT2D eigenvalue weighted by Crippen LogP contribution is -2.37. The maximum atomic E-state index is 12.0. The zero-order valence-corrected chi connectivity index (χ0v) is 12.7. The molecule has 1 aliphatic heterocycles. The van der Waals surface area contributed by atoms with Gasteiger partial charge in [-0.2, -0.15) is 0 Å². The molecule has 114 valence electrons. The molecule has 0 spiro atoms. The zero-order valence-electron chi connectivity index (χ0n) is 12.7. The summed E-state index contributed by atoms with van der Waals surface area (Å²) in [5, 5.41) is 6.40. The van der Waals surface area contributed by atoms with E-state index in [-0.39, 0.29) is 5.91 Å². The molecule has 3 nitrogen and oxygen atoms in total. The van der Waals surface area contributed by atoms with Crippen LogP contribution in [0.2, 0.25) is 0 Å². The largest absolute Gasteiger partial charge is 0.354 e. The first-order chi connectivity index (χ1) is 10.8. The zero-order chi connectivity index (χ0) is 15.2. The van der Waals surface area contributed by atoms with Crippen LogP contribution in [0.3, 0.4) is 0 Å². The van der Waals surface area contributed by atoms with Gasteiger partial charge in [-0.3, -0.25) is 4.79 Å². The fraction of sp³-hybridized carbons (Fsp3) is 0.316. The smallest absolute Gasteiger partial charge is 0.224 e. The Bertz CT molecular complexity index is 601. The Morgan fingerprint density at radius 2 is 1.77 bits per heavy atom. The fourth-order valence-corrected chi connectivity index (χ4v) is 2.86. The van der Waals surface area contributed by atoms with Gasteiger partial charge in [-0.1, -0.05) is 54.6 Å². The van der Waals surface area contributed by atoms with Crippen LogP contribution in [0.15, 0.2) is 54.6 Å². The van der Waals surface area contributed by atoms with Crippen LogP contribution in [0, 0.1) is 0 Å². The Morgan fingerprint density at radius 3 is 2.45 bits per heavy atom. The highest BCUT2D eigenvalue weighted by Gasteiger charge is 2.14. The molecule has 1 unspecified atom stereocenters. The number of hydrogen-bond acceptors (Lipinski definition) is 2. The number of nitrogens with one attached hydrogen (secondary N) is 2. The first-order valence-corrected chi connectivity index (χ1v) is 7.96. The molecule has 3 rings (SSSR count). The van der Waals surface area contributed by atoms with E-state index in [0.717, 1.165) is 25.1 Å². The molecule has 1 heterocycles. The molecule has 0 saturated carbocycles. The van der Waals surface area contributed by atoms with Crippen LogP contribution >= 0.6 is 0 Å². The molecule has 0 bridgehead atoms. The summed E-state index contributed by atoms with van der Waals surface area (Å²) in [6.07, 6.45) is 2.81. The minimum Gasteiger partial charge on any atom is -0.354 e. The number of amides is 1. The summed E-state index contributed by atoms with van der Waals surface area (Å²) in [6, 6.07) is 19.0. The first-order valence-electron chi connectivity index (χ1n) is 7.96. The van der Waals surface area contributed by atoms with Crippen LogP contribution in [-0.4, -0.2) is 25.0 Å². The lowest BCUT2D eigenvalue weighted by Gasteiger charge is -2.11. The minimum absolute atomic E-state index is 0.0983. The van der Waals surface area contributed by atoms with Gasteiger partial charge in [-0.05, 0) is 36.1 Å². The van der Waals surface area contributed by atoms with Crippen LogP contribution in [-0.2, 0) is 11.2 Å². The Balaban J connectivity index is 1.53. The van der Waals surface area contributed by atoms with Gasteiger partial charge >= 0.3 is 0 Å². The van der Waals surface area contributed by atoms with Gasteiger partial charge in [0, 0.05) is 12.6 Å². The summed E-state index contributed by atoms with van der Waals surface area (Å²) in [5.41, 5.74) is 3.43. The minimum atomic E-state index is 0.0983. The summed E-state index contributed by atoms with van der Waals surface area (Å²) in [6.45, 7) is 1.81. The van der Waals surface area contributed by atoms with Crippen molar-refractivity contribution in [3.8, 4) is 11.1 Å². The number of carbonyl (C=O) groups excluding carboxylic acids is 1. The van der Waals surface area contributed by atoms with Gasteiger partial charge in [-0.15, -0.1) is 0 Å². The molecule has 0 aliphatic carbocycles. The van der Waals surface area contributed by atoms with Crippen molar-refractivity contribution in [2.24, 2.45) is 0 Å². The second-order valence-corrected chi connectivity index (χ2v) is 5.84. The maximum Gasteiger partial charge on any atom is 0.224 e. The van der Waals surface area contributed by atoms with E-state index in [1.165, 1.54) is 17.5 Å². The van der Waals surface area contributed by atoms with E-state index in [1.54, 1.807) is 0 Å². The standard InChI is InChI=1S/C19H22N2O/c22-19(21-14-18-7-4-12-20-18)13-15-8-10-17(11-9-15)16-5-2-1-3-6-16/h1-3,5-6,8-11,18,20H,4,7,12-14H2,(H,21,22). The Kier molecular flexibility index (Phi) is 4.86. The average Bonchev–Trinajstić information content (AvgIpc) is 3.08. The van der Waals surface area contributed by atoms with Gasteiger partial charge in [0.2, 0.25) is 5.91 Å². The van der Waals surface area contributed by atoms with Crippen molar-refractivity contribution in [3.63, 3.8) is 0 Å². The molecule has 1 aliphatic rings. The third kappa shape index (κ3) is 3.95. The van der Waals surface area contributed by atoms with Crippen molar-refractivity contribution in [1.82, 2.24) is 10.6 Å². The second-order valence-electron chi connectivity index (χ2n) is 5.84. The normalized spacial score (nSPS) is 17.4. The van der Waals surface area contributed by atoms with E-state index >= 15 is 0 Å². The van der Waals surface area contributed by atoms with Crippen LogP contribution in [0.5, 0.6) is 0 Å². The maximum absolute atomic E-state index is 12.0. The highest BCUT2D eigenvalue weighted by atomic mass is 16.1. The van der Waals surface area contributed by atoms with Crippen molar-refractivity contribution < 1.29 is 4.79 Å². The molecular formula is C19H22N2O. The molecule has 1 saturated heterocycles. The van der Waals surface area contributed by atoms with E-state index in [0.29, 0.717) is 12.5 Å². The SMILES string of the molecule is O=C(Cc1ccc(-c2ccccc2)cc1)NCC1CCCN1. The third-order valence-corrected chi connectivity index (χ3v) is 4.13. The Labute approximate surface area is 131 Å². The second kappa shape index (κ2) is 7.23. The van der Waals surface area contributed by atoms with E-state index in [2.05, 4.69) is 34.9 Å². The van der Waals surface area contributed by atoms with Crippen LogP contribution in [0.1, 0.15) is 18.4 Å². The predicted molar refractivity (Wildman–Crippen MR) is 89.6 cm³/mol. The molecule has 0 aromatic heterocycles. The Hall–Kier alpha value is -2.13. The van der Waals surface area contributed by atoms with Crippen LogP contribution in [0.4, 0.5) is 0 Å². The van der Waals surface area contributed by atoms with Crippen molar-refractivity contribution in [2.45, 2.75) is 25.3 Å². The van der Waals surface area contributed by atoms with Gasteiger partial charge in [0.25, 0.3) is 0 Å². The topological polar surface area (TPSA) is 41.1 Å². The van der Waals surface area contributed by atoms with Crippen molar-refractivity contribution in [1.29, 1.82) is 0 Å². The van der Waals surface area contributed by atoms with E-state index in [9.17, 15) is 4.79 Å². The molecule has 1 atom stereocenters. The molecule has 22 heavy (non-hydrogen) atoms. The summed E-state index contributed by atoms with van der Waals surface area (Å²) in [5.74, 6) is 0.0983. The fourth-order valence-electron chi connectivity index (χ4n) is 2.86. The molecular weight excluding hydrogens is 272 g/mol. The number of carbonyl (C=O) groups is 1. The molecule has 3 heteroatoms. The van der Waals surface area contributed by atoms with E-state index in [1.807, 2.05) is 30.3 Å². The highest BCUT2D eigenvalue weighted by molar-refractivity contribution is 5.78. The van der Waals surface area contributed by atoms with Gasteiger partial charge < -0.3 is 10.6 Å². The predicted octanol–water partition coefficient (Wildman–Crippen LogP) is 2.76. The summed E-state index contributed by atoms with van der Waals surface area (Å²) in [7, 11) is 0. The monoisotopic (exact) mass is 294 g/mol. The molecule has 2 N–H and O–H groups in total. The molecule has 0 radical (unpaired) electrons. The highest BCUT2D eigenvalue weighted by Crippen LogP contribution is 2.19. The summed E-state index contributed by atoms with van der Waals surface area (Å²) < 4.78 is 0. The van der Waals surface area contributed by atoms with E-state index < -0.39 is 0 Å². The van der Waals surface area contributed by atoms with Crippen LogP contribution < -0.4 is 10.6 Å². The van der Waals surface area contributed by atoms with Gasteiger partial charge in [0.15, 0.2) is 0 Å². The third-order valence-electron chi connectivity index (χ3n) is 4.13. The quantitative estimate of drug-likeness (QED) is 0.890.